The summed E-state index contributed by atoms with van der Waals surface area (Å²) < 4.78 is 16.9. The highest BCUT2D eigenvalue weighted by Crippen LogP contribution is 2.17. The molecular formula is C70H124O6. The largest absolute Gasteiger partial charge is 0.462 e. The van der Waals surface area contributed by atoms with E-state index in [4.69, 9.17) is 14.2 Å². The molecule has 0 saturated carbocycles. The zero-order valence-electron chi connectivity index (χ0n) is 50.5. The van der Waals surface area contributed by atoms with Gasteiger partial charge in [-0.2, -0.15) is 0 Å². The Balaban J connectivity index is 4.27. The fourth-order valence-electron chi connectivity index (χ4n) is 9.48. The first-order chi connectivity index (χ1) is 37.5. The monoisotopic (exact) mass is 1060 g/mol. The van der Waals surface area contributed by atoms with Gasteiger partial charge in [0.15, 0.2) is 6.10 Å². The van der Waals surface area contributed by atoms with E-state index in [0.717, 1.165) is 89.9 Å². The van der Waals surface area contributed by atoms with Gasteiger partial charge in [-0.3, -0.25) is 14.4 Å². The number of hydrogen-bond acceptors (Lipinski definition) is 6. The van der Waals surface area contributed by atoms with Crippen molar-refractivity contribution in [1.29, 1.82) is 0 Å². The van der Waals surface area contributed by atoms with Crippen LogP contribution in [-0.4, -0.2) is 37.2 Å². The molecule has 0 fully saturated rings. The van der Waals surface area contributed by atoms with Gasteiger partial charge < -0.3 is 14.2 Å². The minimum absolute atomic E-state index is 0.0776. The Bertz CT molecular complexity index is 1400. The van der Waals surface area contributed by atoms with Crippen LogP contribution in [0.4, 0.5) is 0 Å². The highest BCUT2D eigenvalue weighted by molar-refractivity contribution is 5.71. The first-order valence-electron chi connectivity index (χ1n) is 32.9. The number of esters is 3. The van der Waals surface area contributed by atoms with Gasteiger partial charge >= 0.3 is 17.9 Å². The normalized spacial score (nSPS) is 12.5. The molecule has 0 aliphatic carbocycles. The second-order valence-electron chi connectivity index (χ2n) is 22.0. The minimum atomic E-state index is -0.781. The highest BCUT2D eigenvalue weighted by Gasteiger charge is 2.19. The van der Waals surface area contributed by atoms with E-state index in [1.165, 1.54) is 205 Å². The molecule has 440 valence electrons. The van der Waals surface area contributed by atoms with Crippen LogP contribution in [0.3, 0.4) is 0 Å². The fraction of sp³-hybridized carbons (Fsp3) is 0.786. The number of ether oxygens (including phenoxy) is 3. The Kier molecular flexibility index (Phi) is 61.7. The Morgan fingerprint density at radius 3 is 0.842 bits per heavy atom. The van der Waals surface area contributed by atoms with E-state index in [1.807, 2.05) is 0 Å². The van der Waals surface area contributed by atoms with Gasteiger partial charge in [-0.15, -0.1) is 0 Å². The summed E-state index contributed by atoms with van der Waals surface area (Å²) in [5.41, 5.74) is 0. The number of rotatable bonds is 60. The Morgan fingerprint density at radius 1 is 0.276 bits per heavy atom. The quantitative estimate of drug-likeness (QED) is 0.0261. The molecule has 0 rings (SSSR count). The second kappa shape index (κ2) is 64.4. The van der Waals surface area contributed by atoms with E-state index < -0.39 is 6.10 Å². The smallest absolute Gasteiger partial charge is 0.306 e. The van der Waals surface area contributed by atoms with Crippen molar-refractivity contribution >= 4 is 17.9 Å². The number of carbonyl (C=O) groups excluding carboxylic acids is 3. The average molecular weight is 1060 g/mol. The number of hydrogen-bond donors (Lipinski definition) is 0. The maximum absolute atomic E-state index is 12.9. The Hall–Kier alpha value is -3.15. The molecule has 0 saturated heterocycles. The summed E-state index contributed by atoms with van der Waals surface area (Å²) >= 11 is 0. The molecule has 0 N–H and O–H groups in total. The lowest BCUT2D eigenvalue weighted by molar-refractivity contribution is -0.167. The van der Waals surface area contributed by atoms with Crippen molar-refractivity contribution < 1.29 is 28.6 Å². The predicted molar refractivity (Wildman–Crippen MR) is 330 cm³/mol. The molecule has 0 aromatic heterocycles. The van der Waals surface area contributed by atoms with Crippen molar-refractivity contribution in [3.8, 4) is 0 Å². The van der Waals surface area contributed by atoms with Crippen molar-refractivity contribution in [1.82, 2.24) is 0 Å². The van der Waals surface area contributed by atoms with E-state index in [1.54, 1.807) is 0 Å². The molecule has 0 radical (unpaired) electrons. The van der Waals surface area contributed by atoms with Crippen LogP contribution in [0, 0.1) is 0 Å². The molecule has 0 aromatic rings. The lowest BCUT2D eigenvalue weighted by Crippen LogP contribution is -2.30. The number of allylic oxidation sites excluding steroid dienone is 12. The molecule has 0 bridgehead atoms. The molecule has 6 nitrogen and oxygen atoms in total. The van der Waals surface area contributed by atoms with Crippen molar-refractivity contribution in [3.63, 3.8) is 0 Å². The first-order valence-corrected chi connectivity index (χ1v) is 32.9. The summed E-state index contributed by atoms with van der Waals surface area (Å²) in [6.07, 6.45) is 83.4. The molecule has 0 heterocycles. The lowest BCUT2D eigenvalue weighted by Gasteiger charge is -2.18. The first kappa shape index (κ1) is 72.8. The van der Waals surface area contributed by atoms with Gasteiger partial charge in [0.25, 0.3) is 0 Å². The van der Waals surface area contributed by atoms with Crippen LogP contribution in [0.15, 0.2) is 72.9 Å². The van der Waals surface area contributed by atoms with Crippen LogP contribution >= 0.6 is 0 Å². The zero-order chi connectivity index (χ0) is 55.0. The molecule has 1 unspecified atom stereocenters. The van der Waals surface area contributed by atoms with Crippen LogP contribution in [-0.2, 0) is 28.6 Å². The van der Waals surface area contributed by atoms with E-state index >= 15 is 0 Å². The summed E-state index contributed by atoms with van der Waals surface area (Å²) in [6.45, 7) is 6.53. The minimum Gasteiger partial charge on any atom is -0.462 e. The molecule has 0 spiro atoms. The van der Waals surface area contributed by atoms with E-state index in [0.29, 0.717) is 19.3 Å². The summed E-state index contributed by atoms with van der Waals surface area (Å²) in [5.74, 6) is -0.875. The summed E-state index contributed by atoms with van der Waals surface area (Å²) in [7, 11) is 0. The standard InChI is InChI=1S/C70H124O6/c1-4-7-10-13-16-19-22-25-27-29-31-33-34-35-36-38-39-41-43-45-48-51-54-57-60-63-69(72)75-66-67(65-74-68(71)62-59-56-53-50-47-24-21-18-15-12-9-6-3)76-70(73)64-61-58-55-52-49-46-44-42-40-37-32-30-28-26-23-20-17-14-11-8-5-2/h7,10,16,18-19,21,25,27,30-33,67H,4-6,8-9,11-15,17,20,22-24,26,28-29,34-66H2,1-3H3/b10-7-,19-16-,21-18-,27-25-,32-30-,33-31-. The highest BCUT2D eigenvalue weighted by atomic mass is 16.6. The van der Waals surface area contributed by atoms with E-state index in [2.05, 4.69) is 93.7 Å². The Morgan fingerprint density at radius 2 is 0.513 bits per heavy atom. The summed E-state index contributed by atoms with van der Waals surface area (Å²) in [6, 6.07) is 0. The maximum Gasteiger partial charge on any atom is 0.306 e. The molecule has 0 amide bonds. The van der Waals surface area contributed by atoms with Gasteiger partial charge in [-0.25, -0.2) is 0 Å². The van der Waals surface area contributed by atoms with Gasteiger partial charge in [0.1, 0.15) is 13.2 Å². The van der Waals surface area contributed by atoms with Crippen LogP contribution in [0.2, 0.25) is 0 Å². The van der Waals surface area contributed by atoms with Crippen molar-refractivity contribution in [3.05, 3.63) is 72.9 Å². The number of carbonyl (C=O) groups is 3. The lowest BCUT2D eigenvalue weighted by atomic mass is 10.0. The third-order valence-corrected chi connectivity index (χ3v) is 14.4. The van der Waals surface area contributed by atoms with Crippen molar-refractivity contribution in [2.24, 2.45) is 0 Å². The fourth-order valence-corrected chi connectivity index (χ4v) is 9.48. The molecule has 1 atom stereocenters. The van der Waals surface area contributed by atoms with Gasteiger partial charge in [-0.05, 0) is 109 Å². The van der Waals surface area contributed by atoms with E-state index in [9.17, 15) is 14.4 Å². The van der Waals surface area contributed by atoms with Crippen molar-refractivity contribution in [2.75, 3.05) is 13.2 Å². The van der Waals surface area contributed by atoms with E-state index in [-0.39, 0.29) is 31.1 Å². The van der Waals surface area contributed by atoms with Gasteiger partial charge in [0, 0.05) is 19.3 Å². The number of unbranched alkanes of at least 4 members (excludes halogenated alkanes) is 37. The molecule has 0 aliphatic heterocycles. The SMILES string of the molecule is CC/C=C\C/C=C\C/C=C\C/C=C\CCCCCCCCCCCCCCC(=O)OCC(COC(=O)CCCCCCC/C=C\CCCCC)OC(=O)CCCCCCCCCCC/C=C\CCCCCCCCCC. The average Bonchev–Trinajstić information content (AvgIpc) is 3.42. The molecule has 76 heavy (non-hydrogen) atoms. The summed E-state index contributed by atoms with van der Waals surface area (Å²) in [4.78, 5) is 38.3. The molecule has 0 aliphatic rings. The van der Waals surface area contributed by atoms with Crippen LogP contribution in [0.5, 0.6) is 0 Å². The van der Waals surface area contributed by atoms with Crippen LogP contribution in [0.1, 0.15) is 335 Å². The maximum atomic E-state index is 12.9. The molecule has 6 heteroatoms. The predicted octanol–water partition coefficient (Wildman–Crippen LogP) is 22.5. The van der Waals surface area contributed by atoms with Crippen LogP contribution < -0.4 is 0 Å². The third kappa shape index (κ3) is 61.7. The van der Waals surface area contributed by atoms with Crippen LogP contribution in [0.25, 0.3) is 0 Å². The van der Waals surface area contributed by atoms with Crippen molar-refractivity contribution in [2.45, 2.75) is 341 Å². The van der Waals surface area contributed by atoms with Gasteiger partial charge in [-0.1, -0.05) is 280 Å². The molecular weight excluding hydrogens is 937 g/mol. The zero-order valence-corrected chi connectivity index (χ0v) is 50.5. The van der Waals surface area contributed by atoms with Gasteiger partial charge in [0.05, 0.1) is 0 Å². The summed E-state index contributed by atoms with van der Waals surface area (Å²) in [5, 5.41) is 0. The topological polar surface area (TPSA) is 78.9 Å². The Labute approximate surface area is 472 Å². The third-order valence-electron chi connectivity index (χ3n) is 14.4. The van der Waals surface area contributed by atoms with Gasteiger partial charge in [0.2, 0.25) is 0 Å². The molecule has 0 aromatic carbocycles. The second-order valence-corrected chi connectivity index (χ2v) is 22.0.